The molecule has 0 aliphatic carbocycles. The van der Waals surface area contributed by atoms with Crippen LogP contribution in [0.2, 0.25) is 0 Å². The smallest absolute Gasteiger partial charge is 0.333 e. The molecule has 0 saturated heterocycles. The van der Waals surface area contributed by atoms with Crippen LogP contribution in [0.5, 0.6) is 0 Å². The molecule has 1 aromatic rings. The summed E-state index contributed by atoms with van der Waals surface area (Å²) in [6.07, 6.45) is 0. The van der Waals surface area contributed by atoms with E-state index in [1.54, 1.807) is 6.92 Å². The minimum atomic E-state index is -0.621. The molecule has 86 valence electrons. The molecule has 0 radical (unpaired) electrons. The van der Waals surface area contributed by atoms with Gasteiger partial charge in [-0.15, -0.1) is 0 Å². The Bertz CT molecular complexity index is 399. The average molecular weight is 218 g/mol. The standard InChI is InChI=1S/C14H18O2/c1-10(2)13(15)16-14(4,5)12-8-6-11(3)7-9-12/h6-9H,1H2,2-5H3. The Morgan fingerprint density at radius 2 is 1.75 bits per heavy atom. The lowest BCUT2D eigenvalue weighted by Crippen LogP contribution is -2.25. The summed E-state index contributed by atoms with van der Waals surface area (Å²) in [6.45, 7) is 11.0. The second-order valence-corrected chi connectivity index (χ2v) is 4.55. The fourth-order valence-corrected chi connectivity index (χ4v) is 1.33. The van der Waals surface area contributed by atoms with Crippen LogP contribution in [0.1, 0.15) is 31.9 Å². The van der Waals surface area contributed by atoms with Gasteiger partial charge in [0.05, 0.1) is 0 Å². The summed E-state index contributed by atoms with van der Waals surface area (Å²) in [6, 6.07) is 7.96. The summed E-state index contributed by atoms with van der Waals surface area (Å²) in [5.74, 6) is -0.356. The first-order chi connectivity index (χ1) is 7.33. The van der Waals surface area contributed by atoms with Crippen LogP contribution < -0.4 is 0 Å². The van der Waals surface area contributed by atoms with Crippen molar-refractivity contribution in [2.45, 2.75) is 33.3 Å². The highest BCUT2D eigenvalue weighted by Crippen LogP contribution is 2.25. The average Bonchev–Trinajstić information content (AvgIpc) is 2.17. The van der Waals surface area contributed by atoms with Gasteiger partial charge in [0.25, 0.3) is 0 Å². The highest BCUT2D eigenvalue weighted by molar-refractivity contribution is 5.87. The highest BCUT2D eigenvalue weighted by atomic mass is 16.6. The van der Waals surface area contributed by atoms with Crippen molar-refractivity contribution in [2.75, 3.05) is 0 Å². The second-order valence-electron chi connectivity index (χ2n) is 4.55. The lowest BCUT2D eigenvalue weighted by atomic mass is 9.97. The number of ether oxygens (including phenoxy) is 1. The van der Waals surface area contributed by atoms with Gasteiger partial charge in [0.15, 0.2) is 0 Å². The van der Waals surface area contributed by atoms with Gasteiger partial charge >= 0.3 is 5.97 Å². The molecule has 0 aliphatic heterocycles. The van der Waals surface area contributed by atoms with Crippen molar-refractivity contribution in [3.63, 3.8) is 0 Å². The van der Waals surface area contributed by atoms with E-state index in [9.17, 15) is 4.79 Å². The van der Waals surface area contributed by atoms with Gasteiger partial charge in [0.1, 0.15) is 5.60 Å². The maximum Gasteiger partial charge on any atom is 0.333 e. The van der Waals surface area contributed by atoms with Crippen molar-refractivity contribution >= 4 is 5.97 Å². The molecule has 0 atom stereocenters. The quantitative estimate of drug-likeness (QED) is 0.574. The molecule has 1 aromatic carbocycles. The lowest BCUT2D eigenvalue weighted by Gasteiger charge is -2.25. The first-order valence-corrected chi connectivity index (χ1v) is 5.29. The third-order valence-electron chi connectivity index (χ3n) is 2.44. The molecule has 0 heterocycles. The zero-order chi connectivity index (χ0) is 12.3. The van der Waals surface area contributed by atoms with E-state index in [4.69, 9.17) is 4.74 Å². The van der Waals surface area contributed by atoms with Crippen LogP contribution in [0.15, 0.2) is 36.4 Å². The first-order valence-electron chi connectivity index (χ1n) is 5.29. The van der Waals surface area contributed by atoms with Crippen molar-refractivity contribution in [3.05, 3.63) is 47.5 Å². The van der Waals surface area contributed by atoms with E-state index in [1.807, 2.05) is 45.0 Å². The molecule has 0 aromatic heterocycles. The van der Waals surface area contributed by atoms with Gasteiger partial charge in [-0.3, -0.25) is 0 Å². The van der Waals surface area contributed by atoms with E-state index in [0.717, 1.165) is 5.56 Å². The molecule has 0 aliphatic rings. The maximum absolute atomic E-state index is 11.5. The molecule has 0 bridgehead atoms. The summed E-state index contributed by atoms with van der Waals surface area (Å²) < 4.78 is 5.39. The number of carbonyl (C=O) groups is 1. The van der Waals surface area contributed by atoms with Gasteiger partial charge in [-0.1, -0.05) is 36.4 Å². The molecule has 2 nitrogen and oxygen atoms in total. The summed E-state index contributed by atoms with van der Waals surface area (Å²) >= 11 is 0. The Labute approximate surface area is 96.9 Å². The first kappa shape index (κ1) is 12.5. The van der Waals surface area contributed by atoms with Crippen molar-refractivity contribution < 1.29 is 9.53 Å². The van der Waals surface area contributed by atoms with Gasteiger partial charge in [-0.25, -0.2) is 4.79 Å². The van der Waals surface area contributed by atoms with Crippen LogP contribution >= 0.6 is 0 Å². The van der Waals surface area contributed by atoms with E-state index in [2.05, 4.69) is 6.58 Å². The van der Waals surface area contributed by atoms with E-state index in [1.165, 1.54) is 5.56 Å². The molecular formula is C14H18O2. The van der Waals surface area contributed by atoms with Crippen molar-refractivity contribution in [2.24, 2.45) is 0 Å². The second kappa shape index (κ2) is 4.52. The number of rotatable bonds is 3. The van der Waals surface area contributed by atoms with E-state index < -0.39 is 5.60 Å². The molecule has 1 rings (SSSR count). The Morgan fingerprint density at radius 3 is 2.19 bits per heavy atom. The van der Waals surface area contributed by atoms with Crippen LogP contribution in [0, 0.1) is 6.92 Å². The van der Waals surface area contributed by atoms with Gasteiger partial charge in [-0.2, -0.15) is 0 Å². The van der Waals surface area contributed by atoms with Crippen LogP contribution in [-0.2, 0) is 15.1 Å². The summed E-state index contributed by atoms with van der Waals surface area (Å²) in [4.78, 5) is 11.5. The largest absolute Gasteiger partial charge is 0.451 e. The Hall–Kier alpha value is -1.57. The Balaban J connectivity index is 2.89. The summed E-state index contributed by atoms with van der Waals surface area (Å²) in [7, 11) is 0. The van der Waals surface area contributed by atoms with Crippen LogP contribution in [0.25, 0.3) is 0 Å². The van der Waals surface area contributed by atoms with Crippen LogP contribution in [-0.4, -0.2) is 5.97 Å². The number of carbonyl (C=O) groups excluding carboxylic acids is 1. The number of hydrogen-bond acceptors (Lipinski definition) is 2. The highest BCUT2D eigenvalue weighted by Gasteiger charge is 2.25. The van der Waals surface area contributed by atoms with Crippen molar-refractivity contribution in [1.82, 2.24) is 0 Å². The summed E-state index contributed by atoms with van der Waals surface area (Å²) in [5.41, 5.74) is 1.96. The number of esters is 1. The topological polar surface area (TPSA) is 26.3 Å². The van der Waals surface area contributed by atoms with Gasteiger partial charge in [-0.05, 0) is 33.3 Å². The normalized spacial score (nSPS) is 11.0. The maximum atomic E-state index is 11.5. The zero-order valence-corrected chi connectivity index (χ0v) is 10.3. The minimum absolute atomic E-state index is 0.356. The van der Waals surface area contributed by atoms with E-state index in [-0.39, 0.29) is 5.97 Å². The molecule has 0 fully saturated rings. The predicted molar refractivity (Wildman–Crippen MR) is 65.1 cm³/mol. The minimum Gasteiger partial charge on any atom is -0.451 e. The molecule has 2 heteroatoms. The van der Waals surface area contributed by atoms with Crippen LogP contribution in [0.3, 0.4) is 0 Å². The lowest BCUT2D eigenvalue weighted by molar-refractivity contribution is -0.152. The molecule has 0 amide bonds. The number of hydrogen-bond donors (Lipinski definition) is 0. The fraction of sp³-hybridized carbons (Fsp3) is 0.357. The van der Waals surface area contributed by atoms with E-state index >= 15 is 0 Å². The number of benzene rings is 1. The fourth-order valence-electron chi connectivity index (χ4n) is 1.33. The van der Waals surface area contributed by atoms with Gasteiger partial charge < -0.3 is 4.74 Å². The molecule has 0 N–H and O–H groups in total. The third-order valence-corrected chi connectivity index (χ3v) is 2.44. The zero-order valence-electron chi connectivity index (χ0n) is 10.3. The van der Waals surface area contributed by atoms with E-state index in [0.29, 0.717) is 5.57 Å². The van der Waals surface area contributed by atoms with Gasteiger partial charge in [0, 0.05) is 5.57 Å². The van der Waals surface area contributed by atoms with Crippen molar-refractivity contribution in [1.29, 1.82) is 0 Å². The third kappa shape index (κ3) is 2.96. The molecule has 0 saturated carbocycles. The monoisotopic (exact) mass is 218 g/mol. The van der Waals surface area contributed by atoms with Crippen LogP contribution in [0.4, 0.5) is 0 Å². The Morgan fingerprint density at radius 1 is 1.25 bits per heavy atom. The number of aryl methyl sites for hydroxylation is 1. The SMILES string of the molecule is C=C(C)C(=O)OC(C)(C)c1ccc(C)cc1. The van der Waals surface area contributed by atoms with Gasteiger partial charge in [0.2, 0.25) is 0 Å². The molecule has 16 heavy (non-hydrogen) atoms. The molecule has 0 unspecified atom stereocenters. The summed E-state index contributed by atoms with van der Waals surface area (Å²) in [5, 5.41) is 0. The van der Waals surface area contributed by atoms with Crippen molar-refractivity contribution in [3.8, 4) is 0 Å². The molecule has 0 spiro atoms. The molecular weight excluding hydrogens is 200 g/mol. The Kier molecular flexibility index (Phi) is 3.53. The predicted octanol–water partition coefficient (Wildman–Crippen LogP) is 3.35.